The molecule has 0 saturated carbocycles. The van der Waals surface area contributed by atoms with Crippen LogP contribution in [0.1, 0.15) is 43.4 Å². The number of piperidine rings is 1. The quantitative estimate of drug-likeness (QED) is 0.857. The van der Waals surface area contributed by atoms with Crippen LogP contribution in [0.4, 0.5) is 0 Å². The highest BCUT2D eigenvalue weighted by atomic mass is 16.5. The predicted molar refractivity (Wildman–Crippen MR) is 82.4 cm³/mol. The third-order valence-corrected chi connectivity index (χ3v) is 4.35. The Labute approximate surface area is 125 Å². The zero-order chi connectivity index (χ0) is 14.7. The molecule has 4 nitrogen and oxygen atoms in total. The number of ether oxygens (including phenoxy) is 1. The Balaban J connectivity index is 1.74. The summed E-state index contributed by atoms with van der Waals surface area (Å²) in [5, 5.41) is 0. The second-order valence-corrected chi connectivity index (χ2v) is 5.74. The van der Waals surface area contributed by atoms with Crippen molar-refractivity contribution in [3.63, 3.8) is 0 Å². The van der Waals surface area contributed by atoms with Gasteiger partial charge in [-0.3, -0.25) is 4.79 Å². The third-order valence-electron chi connectivity index (χ3n) is 4.35. The molecule has 0 spiro atoms. The van der Waals surface area contributed by atoms with Crippen molar-refractivity contribution in [2.75, 3.05) is 13.1 Å². The molecule has 21 heavy (non-hydrogen) atoms. The van der Waals surface area contributed by atoms with Crippen molar-refractivity contribution in [3.8, 4) is 0 Å². The van der Waals surface area contributed by atoms with E-state index in [0.29, 0.717) is 0 Å². The van der Waals surface area contributed by atoms with Crippen LogP contribution in [0, 0.1) is 0 Å². The van der Waals surface area contributed by atoms with E-state index >= 15 is 0 Å². The fourth-order valence-electron chi connectivity index (χ4n) is 3.02. The van der Waals surface area contributed by atoms with E-state index in [4.69, 9.17) is 4.74 Å². The molecule has 1 aromatic carbocycles. The van der Waals surface area contributed by atoms with Crippen molar-refractivity contribution in [3.05, 3.63) is 35.4 Å². The van der Waals surface area contributed by atoms with Crippen LogP contribution >= 0.6 is 0 Å². The molecule has 2 heterocycles. The van der Waals surface area contributed by atoms with Gasteiger partial charge in [0.25, 0.3) is 5.91 Å². The SMILES string of the molecule is CCc1ccc([C@H]2OC=N[C@@H]2C(=O)N2CCCCC2)cc1. The molecule has 4 heteroatoms. The Kier molecular flexibility index (Phi) is 4.23. The number of aryl methyl sites for hydroxylation is 1. The van der Waals surface area contributed by atoms with Crippen molar-refractivity contribution in [1.29, 1.82) is 0 Å². The van der Waals surface area contributed by atoms with Gasteiger partial charge in [-0.2, -0.15) is 0 Å². The number of hydrogen-bond acceptors (Lipinski definition) is 3. The van der Waals surface area contributed by atoms with E-state index < -0.39 is 6.04 Å². The summed E-state index contributed by atoms with van der Waals surface area (Å²) in [6, 6.07) is 7.87. The van der Waals surface area contributed by atoms with Crippen LogP contribution in [0.25, 0.3) is 0 Å². The first-order valence-electron chi connectivity index (χ1n) is 7.84. The van der Waals surface area contributed by atoms with Gasteiger partial charge < -0.3 is 9.64 Å². The summed E-state index contributed by atoms with van der Waals surface area (Å²) in [5.41, 5.74) is 2.32. The molecule has 0 bridgehead atoms. The van der Waals surface area contributed by atoms with Gasteiger partial charge in [-0.25, -0.2) is 4.99 Å². The highest BCUT2D eigenvalue weighted by Crippen LogP contribution is 2.29. The molecule has 1 amide bonds. The second-order valence-electron chi connectivity index (χ2n) is 5.74. The number of hydrogen-bond donors (Lipinski definition) is 0. The summed E-state index contributed by atoms with van der Waals surface area (Å²) in [6.45, 7) is 3.84. The molecule has 2 aliphatic rings. The molecule has 0 aliphatic carbocycles. The maximum atomic E-state index is 12.6. The number of amides is 1. The van der Waals surface area contributed by atoms with Gasteiger partial charge in [0.1, 0.15) is 0 Å². The van der Waals surface area contributed by atoms with Gasteiger partial charge in [0.15, 0.2) is 18.5 Å². The maximum Gasteiger partial charge on any atom is 0.251 e. The molecule has 112 valence electrons. The van der Waals surface area contributed by atoms with Crippen LogP contribution in [0.5, 0.6) is 0 Å². The molecular formula is C17H22N2O2. The summed E-state index contributed by atoms with van der Waals surface area (Å²) in [7, 11) is 0. The lowest BCUT2D eigenvalue weighted by Crippen LogP contribution is -2.42. The molecule has 0 aromatic heterocycles. The number of carbonyl (C=O) groups is 1. The zero-order valence-electron chi connectivity index (χ0n) is 12.5. The standard InChI is InChI=1S/C17H22N2O2/c1-2-13-6-8-14(9-7-13)16-15(18-12-21-16)17(20)19-10-4-3-5-11-19/h6-9,12,15-16H,2-5,10-11H2,1H3/t15-,16+/m0/s1. The van der Waals surface area contributed by atoms with Gasteiger partial charge in [0.2, 0.25) is 0 Å². The van der Waals surface area contributed by atoms with Gasteiger partial charge in [-0.1, -0.05) is 31.2 Å². The average molecular weight is 286 g/mol. The first-order chi connectivity index (χ1) is 10.3. The van der Waals surface area contributed by atoms with Gasteiger partial charge in [0, 0.05) is 13.1 Å². The van der Waals surface area contributed by atoms with Gasteiger partial charge >= 0.3 is 0 Å². The molecule has 1 fully saturated rings. The normalized spacial score (nSPS) is 24.9. The average Bonchev–Trinajstić information content (AvgIpc) is 3.04. The number of nitrogens with zero attached hydrogens (tertiary/aromatic N) is 2. The zero-order valence-corrected chi connectivity index (χ0v) is 12.5. The molecule has 1 saturated heterocycles. The number of benzene rings is 1. The number of carbonyl (C=O) groups excluding carboxylic acids is 1. The maximum absolute atomic E-state index is 12.6. The second kappa shape index (κ2) is 6.29. The fourth-order valence-corrected chi connectivity index (χ4v) is 3.02. The van der Waals surface area contributed by atoms with Gasteiger partial charge in [-0.15, -0.1) is 0 Å². The van der Waals surface area contributed by atoms with Crippen molar-refractivity contribution in [2.45, 2.75) is 44.8 Å². The van der Waals surface area contributed by atoms with E-state index in [1.807, 2.05) is 4.90 Å². The Morgan fingerprint density at radius 2 is 1.95 bits per heavy atom. The molecule has 0 N–H and O–H groups in total. The summed E-state index contributed by atoms with van der Waals surface area (Å²) >= 11 is 0. The highest BCUT2D eigenvalue weighted by molar-refractivity contribution is 5.85. The first kappa shape index (κ1) is 14.1. The highest BCUT2D eigenvalue weighted by Gasteiger charge is 2.36. The van der Waals surface area contributed by atoms with E-state index in [0.717, 1.165) is 37.9 Å². The summed E-state index contributed by atoms with van der Waals surface area (Å²) in [4.78, 5) is 18.9. The van der Waals surface area contributed by atoms with Crippen molar-refractivity contribution in [1.82, 2.24) is 4.90 Å². The Bertz CT molecular complexity index is 518. The largest absolute Gasteiger partial charge is 0.473 e. The van der Waals surface area contributed by atoms with Crippen LogP contribution in [0.3, 0.4) is 0 Å². The molecular weight excluding hydrogens is 264 g/mol. The Hall–Kier alpha value is -1.84. The first-order valence-corrected chi connectivity index (χ1v) is 7.84. The fraction of sp³-hybridized carbons (Fsp3) is 0.529. The number of aliphatic imine (C=N–C) groups is 1. The van der Waals surface area contributed by atoms with E-state index in [2.05, 4.69) is 36.2 Å². The van der Waals surface area contributed by atoms with Crippen molar-refractivity contribution >= 4 is 12.3 Å². The summed E-state index contributed by atoms with van der Waals surface area (Å²) in [6.07, 6.45) is 5.59. The number of rotatable bonds is 3. The third kappa shape index (κ3) is 2.94. The van der Waals surface area contributed by atoms with E-state index in [-0.39, 0.29) is 12.0 Å². The molecule has 0 unspecified atom stereocenters. The lowest BCUT2D eigenvalue weighted by atomic mass is 9.99. The van der Waals surface area contributed by atoms with Crippen LogP contribution in [-0.4, -0.2) is 36.3 Å². The van der Waals surface area contributed by atoms with Crippen LogP contribution in [0.2, 0.25) is 0 Å². The summed E-state index contributed by atoms with van der Waals surface area (Å²) < 4.78 is 5.60. The van der Waals surface area contributed by atoms with E-state index in [1.165, 1.54) is 18.4 Å². The van der Waals surface area contributed by atoms with Gasteiger partial charge in [-0.05, 0) is 36.8 Å². The van der Waals surface area contributed by atoms with E-state index in [9.17, 15) is 4.79 Å². The van der Waals surface area contributed by atoms with Crippen LogP contribution in [0.15, 0.2) is 29.3 Å². The predicted octanol–water partition coefficient (Wildman–Crippen LogP) is 2.73. The Morgan fingerprint density at radius 3 is 2.62 bits per heavy atom. The molecule has 1 aromatic rings. The van der Waals surface area contributed by atoms with Crippen molar-refractivity contribution in [2.24, 2.45) is 4.99 Å². The Morgan fingerprint density at radius 1 is 1.24 bits per heavy atom. The minimum Gasteiger partial charge on any atom is -0.473 e. The molecule has 3 rings (SSSR count). The summed E-state index contributed by atoms with van der Waals surface area (Å²) in [5.74, 6) is 0.105. The topological polar surface area (TPSA) is 41.9 Å². The minimum atomic E-state index is -0.421. The lowest BCUT2D eigenvalue weighted by Gasteiger charge is -2.29. The van der Waals surface area contributed by atoms with Crippen LogP contribution < -0.4 is 0 Å². The smallest absolute Gasteiger partial charge is 0.251 e. The van der Waals surface area contributed by atoms with E-state index in [1.54, 1.807) is 0 Å². The molecule has 2 atom stereocenters. The lowest BCUT2D eigenvalue weighted by molar-refractivity contribution is -0.135. The number of likely N-dealkylation sites (tertiary alicyclic amines) is 1. The van der Waals surface area contributed by atoms with Crippen molar-refractivity contribution < 1.29 is 9.53 Å². The minimum absolute atomic E-state index is 0.105. The van der Waals surface area contributed by atoms with Gasteiger partial charge in [0.05, 0.1) is 0 Å². The van der Waals surface area contributed by atoms with Crippen LogP contribution in [-0.2, 0) is 16.0 Å². The monoisotopic (exact) mass is 286 g/mol. The molecule has 0 radical (unpaired) electrons. The molecule has 2 aliphatic heterocycles.